The van der Waals surface area contributed by atoms with Gasteiger partial charge in [0.15, 0.2) is 0 Å². The van der Waals surface area contributed by atoms with Gasteiger partial charge in [0, 0.05) is 32.7 Å². The predicted octanol–water partition coefficient (Wildman–Crippen LogP) is 2.26. The highest BCUT2D eigenvalue weighted by atomic mass is 32.1. The van der Waals surface area contributed by atoms with Gasteiger partial charge in [-0.3, -0.25) is 14.7 Å². The molecule has 1 aliphatic rings. The van der Waals surface area contributed by atoms with Crippen molar-refractivity contribution in [2.24, 2.45) is 0 Å². The third-order valence-electron chi connectivity index (χ3n) is 4.27. The molecule has 3 rings (SSSR count). The van der Waals surface area contributed by atoms with Crippen LogP contribution >= 0.6 is 11.3 Å². The van der Waals surface area contributed by atoms with E-state index in [1.54, 1.807) is 18.3 Å². The Bertz CT molecular complexity index is 692. The summed E-state index contributed by atoms with van der Waals surface area (Å²) in [5, 5.41) is 11.5. The molecule has 1 N–H and O–H groups in total. The van der Waals surface area contributed by atoms with Gasteiger partial charge in [0.25, 0.3) is 5.91 Å². The van der Waals surface area contributed by atoms with E-state index in [4.69, 9.17) is 0 Å². The molecular formula is C18H23N3O2S. The lowest BCUT2D eigenvalue weighted by Gasteiger charge is -2.35. The zero-order valence-corrected chi connectivity index (χ0v) is 14.9. The highest BCUT2D eigenvalue weighted by Gasteiger charge is 2.24. The molecule has 0 saturated carbocycles. The molecule has 1 fully saturated rings. The quantitative estimate of drug-likeness (QED) is 0.923. The van der Waals surface area contributed by atoms with Crippen molar-refractivity contribution in [3.8, 4) is 10.6 Å². The van der Waals surface area contributed by atoms with Gasteiger partial charge in [0.1, 0.15) is 0 Å². The molecule has 2 aromatic rings. The van der Waals surface area contributed by atoms with Crippen molar-refractivity contribution >= 4 is 17.2 Å². The van der Waals surface area contributed by atoms with Gasteiger partial charge in [-0.25, -0.2) is 0 Å². The second-order valence-corrected chi connectivity index (χ2v) is 7.20. The summed E-state index contributed by atoms with van der Waals surface area (Å²) < 4.78 is 0. The SMILES string of the molecule is Cc1nc(-c2cccs2)ccc1C(=O)N1CCN(C[C@H](C)O)CC1. The van der Waals surface area contributed by atoms with Gasteiger partial charge >= 0.3 is 0 Å². The molecule has 1 saturated heterocycles. The van der Waals surface area contributed by atoms with Crippen molar-refractivity contribution in [1.29, 1.82) is 0 Å². The molecule has 0 aromatic carbocycles. The number of aliphatic hydroxyl groups is 1. The van der Waals surface area contributed by atoms with E-state index in [0.717, 1.165) is 29.4 Å². The van der Waals surface area contributed by atoms with Crippen LogP contribution in [0.1, 0.15) is 23.0 Å². The maximum atomic E-state index is 12.8. The van der Waals surface area contributed by atoms with Crippen LogP contribution in [0.3, 0.4) is 0 Å². The van der Waals surface area contributed by atoms with Crippen LogP contribution in [0.5, 0.6) is 0 Å². The molecule has 5 nitrogen and oxygen atoms in total. The molecule has 128 valence electrons. The molecule has 0 unspecified atom stereocenters. The number of carbonyl (C=O) groups excluding carboxylic acids is 1. The fourth-order valence-corrected chi connectivity index (χ4v) is 3.72. The van der Waals surface area contributed by atoms with Crippen molar-refractivity contribution in [2.75, 3.05) is 32.7 Å². The lowest BCUT2D eigenvalue weighted by atomic mass is 10.1. The number of amides is 1. The Kier molecular flexibility index (Phi) is 5.28. The molecule has 3 heterocycles. The van der Waals surface area contributed by atoms with E-state index in [1.807, 2.05) is 41.5 Å². The first-order chi connectivity index (χ1) is 11.5. The monoisotopic (exact) mass is 345 g/mol. The number of aliphatic hydroxyl groups excluding tert-OH is 1. The van der Waals surface area contributed by atoms with Gasteiger partial charge in [-0.1, -0.05) is 6.07 Å². The summed E-state index contributed by atoms with van der Waals surface area (Å²) >= 11 is 1.65. The number of nitrogens with zero attached hydrogens (tertiary/aromatic N) is 3. The second kappa shape index (κ2) is 7.42. The fraction of sp³-hybridized carbons (Fsp3) is 0.444. The van der Waals surface area contributed by atoms with Gasteiger partial charge in [-0.05, 0) is 37.4 Å². The number of aromatic nitrogens is 1. The fourth-order valence-electron chi connectivity index (χ4n) is 3.03. The molecule has 1 aliphatic heterocycles. The van der Waals surface area contributed by atoms with E-state index in [-0.39, 0.29) is 12.0 Å². The minimum atomic E-state index is -0.330. The summed E-state index contributed by atoms with van der Waals surface area (Å²) in [5.41, 5.74) is 2.37. The van der Waals surface area contributed by atoms with E-state index in [1.165, 1.54) is 0 Å². The van der Waals surface area contributed by atoms with Crippen LogP contribution < -0.4 is 0 Å². The highest BCUT2D eigenvalue weighted by Crippen LogP contribution is 2.24. The first-order valence-corrected chi connectivity index (χ1v) is 9.14. The second-order valence-electron chi connectivity index (χ2n) is 6.25. The van der Waals surface area contributed by atoms with Crippen LogP contribution in [0.4, 0.5) is 0 Å². The van der Waals surface area contributed by atoms with Crippen LogP contribution in [-0.2, 0) is 0 Å². The molecule has 0 aliphatic carbocycles. The van der Waals surface area contributed by atoms with Gasteiger partial charge in [-0.15, -0.1) is 11.3 Å². The Morgan fingerprint density at radius 3 is 2.62 bits per heavy atom. The molecular weight excluding hydrogens is 322 g/mol. The third kappa shape index (κ3) is 3.83. The summed E-state index contributed by atoms with van der Waals surface area (Å²) in [6.45, 7) is 7.34. The minimum absolute atomic E-state index is 0.0504. The van der Waals surface area contributed by atoms with Crippen LogP contribution in [0, 0.1) is 6.92 Å². The van der Waals surface area contributed by atoms with E-state index >= 15 is 0 Å². The van der Waals surface area contributed by atoms with Gasteiger partial charge in [0.05, 0.1) is 27.9 Å². The Morgan fingerprint density at radius 2 is 2.04 bits per heavy atom. The van der Waals surface area contributed by atoms with Crippen LogP contribution in [0.2, 0.25) is 0 Å². The van der Waals surface area contributed by atoms with Crippen molar-refractivity contribution in [2.45, 2.75) is 20.0 Å². The van der Waals surface area contributed by atoms with Gasteiger partial charge in [-0.2, -0.15) is 0 Å². The molecule has 2 aromatic heterocycles. The van der Waals surface area contributed by atoms with E-state index in [2.05, 4.69) is 9.88 Å². The largest absolute Gasteiger partial charge is 0.392 e. The number of thiophene rings is 1. The number of β-amino-alcohol motifs (C(OH)–C–C–N with tert-alkyl or cyclic N) is 1. The molecule has 1 amide bonds. The van der Waals surface area contributed by atoms with Crippen LogP contribution in [0.15, 0.2) is 29.6 Å². The maximum absolute atomic E-state index is 12.8. The maximum Gasteiger partial charge on any atom is 0.255 e. The van der Waals surface area contributed by atoms with Crippen LogP contribution in [0.25, 0.3) is 10.6 Å². The standard InChI is InChI=1S/C18H23N3O2S/c1-13(22)12-20-7-9-21(10-8-20)18(23)15-5-6-16(19-14(15)2)17-4-3-11-24-17/h3-6,11,13,22H,7-10,12H2,1-2H3/t13-/m0/s1. The molecule has 0 spiro atoms. The summed E-state index contributed by atoms with van der Waals surface area (Å²) in [4.78, 5) is 22.6. The van der Waals surface area contributed by atoms with E-state index < -0.39 is 0 Å². The lowest BCUT2D eigenvalue weighted by Crippen LogP contribution is -2.50. The number of hydrogen-bond donors (Lipinski definition) is 1. The van der Waals surface area contributed by atoms with Crippen molar-refractivity contribution in [3.63, 3.8) is 0 Å². The number of pyridine rings is 1. The zero-order chi connectivity index (χ0) is 17.1. The van der Waals surface area contributed by atoms with E-state index in [9.17, 15) is 9.90 Å². The molecule has 24 heavy (non-hydrogen) atoms. The number of carbonyl (C=O) groups is 1. The number of rotatable bonds is 4. The first kappa shape index (κ1) is 17.1. The Hall–Kier alpha value is -1.76. The molecule has 0 radical (unpaired) electrons. The van der Waals surface area contributed by atoms with Crippen LogP contribution in [-0.4, -0.2) is 64.6 Å². The number of piperazine rings is 1. The third-order valence-corrected chi connectivity index (χ3v) is 5.16. The summed E-state index contributed by atoms with van der Waals surface area (Å²) in [5.74, 6) is 0.0504. The molecule has 6 heteroatoms. The van der Waals surface area contributed by atoms with Crippen molar-refractivity contribution in [1.82, 2.24) is 14.8 Å². The zero-order valence-electron chi connectivity index (χ0n) is 14.1. The summed E-state index contributed by atoms with van der Waals surface area (Å²) in [6, 6.07) is 7.86. The molecule has 1 atom stereocenters. The topological polar surface area (TPSA) is 56.7 Å². The van der Waals surface area contributed by atoms with E-state index in [0.29, 0.717) is 25.2 Å². The highest BCUT2D eigenvalue weighted by molar-refractivity contribution is 7.13. The Labute approximate surface area is 146 Å². The first-order valence-electron chi connectivity index (χ1n) is 8.26. The summed E-state index contributed by atoms with van der Waals surface area (Å²) in [7, 11) is 0. The average Bonchev–Trinajstić information content (AvgIpc) is 3.09. The summed E-state index contributed by atoms with van der Waals surface area (Å²) in [6.07, 6.45) is -0.330. The number of hydrogen-bond acceptors (Lipinski definition) is 5. The Morgan fingerprint density at radius 1 is 1.29 bits per heavy atom. The average molecular weight is 345 g/mol. The number of aryl methyl sites for hydroxylation is 1. The normalized spacial score (nSPS) is 17.0. The predicted molar refractivity (Wildman–Crippen MR) is 96.3 cm³/mol. The van der Waals surface area contributed by atoms with Crippen molar-refractivity contribution < 1.29 is 9.90 Å². The smallest absolute Gasteiger partial charge is 0.255 e. The van der Waals surface area contributed by atoms with Crippen molar-refractivity contribution in [3.05, 3.63) is 40.9 Å². The van der Waals surface area contributed by atoms with Gasteiger partial charge < -0.3 is 10.0 Å². The lowest BCUT2D eigenvalue weighted by molar-refractivity contribution is 0.0553. The molecule has 0 bridgehead atoms. The van der Waals surface area contributed by atoms with Gasteiger partial charge in [0.2, 0.25) is 0 Å². The Balaban J connectivity index is 1.67. The minimum Gasteiger partial charge on any atom is -0.392 e.